The summed E-state index contributed by atoms with van der Waals surface area (Å²) in [6.07, 6.45) is 5.71. The average Bonchev–Trinajstić information content (AvgIpc) is 2.03. The van der Waals surface area contributed by atoms with Crippen molar-refractivity contribution < 1.29 is 0 Å². The van der Waals surface area contributed by atoms with Crippen molar-refractivity contribution in [3.8, 4) is 0 Å². The second kappa shape index (κ2) is 5.80. The molecule has 1 atom stereocenters. The van der Waals surface area contributed by atoms with Gasteiger partial charge in [-0.15, -0.1) is 6.58 Å². The van der Waals surface area contributed by atoms with Gasteiger partial charge in [0.15, 0.2) is 0 Å². The van der Waals surface area contributed by atoms with Crippen LogP contribution in [-0.2, 0) is 0 Å². The zero-order valence-electron chi connectivity index (χ0n) is 8.57. The van der Waals surface area contributed by atoms with Crippen LogP contribution in [0.5, 0.6) is 0 Å². The molecule has 0 aliphatic rings. The molecular weight excluding hydrogens is 212 g/mol. The third-order valence-corrected chi connectivity index (χ3v) is 3.43. The molecular formula is C11H21Br. The molecule has 0 aliphatic heterocycles. The smallest absolute Gasteiger partial charge is 0.00628 e. The molecule has 0 radical (unpaired) electrons. The molecule has 0 nitrogen and oxygen atoms in total. The molecule has 0 heterocycles. The van der Waals surface area contributed by atoms with Crippen LogP contribution in [0.3, 0.4) is 0 Å². The molecule has 0 rings (SSSR count). The summed E-state index contributed by atoms with van der Waals surface area (Å²) in [5, 5.41) is 1.10. The second-order valence-electron chi connectivity index (χ2n) is 4.27. The maximum absolute atomic E-state index is 3.78. The Bertz CT molecular complexity index is 127. The Morgan fingerprint density at radius 1 is 1.50 bits per heavy atom. The number of hydrogen-bond acceptors (Lipinski definition) is 0. The lowest BCUT2D eigenvalue weighted by atomic mass is 9.80. The fourth-order valence-electron chi connectivity index (χ4n) is 1.36. The summed E-state index contributed by atoms with van der Waals surface area (Å²) in [5.74, 6) is 0.762. The summed E-state index contributed by atoms with van der Waals surface area (Å²) < 4.78 is 0. The molecule has 0 saturated heterocycles. The molecule has 0 amide bonds. The molecule has 1 heteroatoms. The van der Waals surface area contributed by atoms with Crippen molar-refractivity contribution in [1.82, 2.24) is 0 Å². The molecule has 0 aliphatic carbocycles. The van der Waals surface area contributed by atoms with E-state index in [0.717, 1.165) is 17.7 Å². The summed E-state index contributed by atoms with van der Waals surface area (Å²) in [6, 6.07) is 0. The van der Waals surface area contributed by atoms with Gasteiger partial charge >= 0.3 is 0 Å². The van der Waals surface area contributed by atoms with E-state index in [2.05, 4.69) is 43.3 Å². The van der Waals surface area contributed by atoms with Crippen molar-refractivity contribution in [3.05, 3.63) is 12.7 Å². The zero-order chi connectivity index (χ0) is 9.61. The topological polar surface area (TPSA) is 0 Å². The van der Waals surface area contributed by atoms with Gasteiger partial charge in [-0.05, 0) is 24.2 Å². The number of halogens is 1. The van der Waals surface area contributed by atoms with E-state index in [1.165, 1.54) is 12.8 Å². The van der Waals surface area contributed by atoms with Crippen LogP contribution in [0.25, 0.3) is 0 Å². The van der Waals surface area contributed by atoms with Gasteiger partial charge in [0.2, 0.25) is 0 Å². The Hall–Kier alpha value is 0.220. The predicted octanol–water partition coefficient (Wildman–Crippen LogP) is 4.40. The third-order valence-electron chi connectivity index (χ3n) is 2.52. The highest BCUT2D eigenvalue weighted by atomic mass is 79.9. The predicted molar refractivity (Wildman–Crippen MR) is 60.8 cm³/mol. The summed E-state index contributed by atoms with van der Waals surface area (Å²) in [7, 11) is 0. The Balaban J connectivity index is 3.91. The largest absolute Gasteiger partial charge is 0.103 e. The zero-order valence-corrected chi connectivity index (χ0v) is 10.2. The SMILES string of the molecule is C=CCC(CBr)CC(C)(C)CC. The van der Waals surface area contributed by atoms with Crippen molar-refractivity contribution >= 4 is 15.9 Å². The average molecular weight is 233 g/mol. The van der Waals surface area contributed by atoms with Crippen LogP contribution < -0.4 is 0 Å². The molecule has 72 valence electrons. The quantitative estimate of drug-likeness (QED) is 0.471. The van der Waals surface area contributed by atoms with Crippen molar-refractivity contribution in [3.63, 3.8) is 0 Å². The lowest BCUT2D eigenvalue weighted by molar-refractivity contribution is 0.271. The molecule has 0 aromatic carbocycles. The molecule has 0 bridgehead atoms. The summed E-state index contributed by atoms with van der Waals surface area (Å²) in [5.41, 5.74) is 0.488. The van der Waals surface area contributed by atoms with Crippen molar-refractivity contribution in [2.45, 2.75) is 40.0 Å². The minimum Gasteiger partial charge on any atom is -0.103 e. The molecule has 0 saturated carbocycles. The highest BCUT2D eigenvalue weighted by Crippen LogP contribution is 2.31. The molecule has 0 N–H and O–H groups in total. The van der Waals surface area contributed by atoms with Gasteiger partial charge in [-0.1, -0.05) is 49.2 Å². The van der Waals surface area contributed by atoms with Crippen LogP contribution in [0.1, 0.15) is 40.0 Å². The Kier molecular flexibility index (Phi) is 5.90. The first-order valence-corrected chi connectivity index (χ1v) is 5.84. The Labute approximate surface area is 85.6 Å². The standard InChI is InChI=1S/C11H21Br/c1-5-7-10(9-12)8-11(3,4)6-2/h5,10H,1,6-9H2,2-4H3. The number of alkyl halides is 1. The van der Waals surface area contributed by atoms with E-state index in [-0.39, 0.29) is 0 Å². The molecule has 0 fully saturated rings. The van der Waals surface area contributed by atoms with Gasteiger partial charge in [-0.3, -0.25) is 0 Å². The molecule has 0 spiro atoms. The van der Waals surface area contributed by atoms with Crippen LogP contribution in [-0.4, -0.2) is 5.33 Å². The maximum atomic E-state index is 3.78. The second-order valence-corrected chi connectivity index (χ2v) is 4.91. The molecule has 1 unspecified atom stereocenters. The van der Waals surface area contributed by atoms with Crippen LogP contribution in [0.4, 0.5) is 0 Å². The van der Waals surface area contributed by atoms with E-state index in [0.29, 0.717) is 5.41 Å². The van der Waals surface area contributed by atoms with Crippen LogP contribution >= 0.6 is 15.9 Å². The number of rotatable bonds is 6. The lowest BCUT2D eigenvalue weighted by Gasteiger charge is -2.27. The Morgan fingerprint density at radius 2 is 2.08 bits per heavy atom. The van der Waals surface area contributed by atoms with E-state index in [9.17, 15) is 0 Å². The molecule has 12 heavy (non-hydrogen) atoms. The molecule has 0 aromatic rings. The van der Waals surface area contributed by atoms with Gasteiger partial charge in [0, 0.05) is 5.33 Å². The first-order chi connectivity index (χ1) is 5.55. The van der Waals surface area contributed by atoms with Gasteiger partial charge in [-0.25, -0.2) is 0 Å². The number of allylic oxidation sites excluding steroid dienone is 1. The summed E-state index contributed by atoms with van der Waals surface area (Å²) in [6.45, 7) is 10.7. The van der Waals surface area contributed by atoms with E-state index < -0.39 is 0 Å². The maximum Gasteiger partial charge on any atom is 0.00628 e. The highest BCUT2D eigenvalue weighted by molar-refractivity contribution is 9.09. The van der Waals surface area contributed by atoms with E-state index in [1.807, 2.05) is 6.08 Å². The van der Waals surface area contributed by atoms with Crippen LogP contribution in [0.2, 0.25) is 0 Å². The van der Waals surface area contributed by atoms with E-state index in [4.69, 9.17) is 0 Å². The first kappa shape index (κ1) is 12.2. The summed E-state index contributed by atoms with van der Waals surface area (Å²) >= 11 is 3.55. The van der Waals surface area contributed by atoms with E-state index in [1.54, 1.807) is 0 Å². The minimum absolute atomic E-state index is 0.488. The third kappa shape index (κ3) is 4.97. The van der Waals surface area contributed by atoms with Crippen molar-refractivity contribution in [1.29, 1.82) is 0 Å². The van der Waals surface area contributed by atoms with Crippen molar-refractivity contribution in [2.24, 2.45) is 11.3 Å². The monoisotopic (exact) mass is 232 g/mol. The van der Waals surface area contributed by atoms with Crippen molar-refractivity contribution in [2.75, 3.05) is 5.33 Å². The lowest BCUT2D eigenvalue weighted by Crippen LogP contribution is -2.16. The van der Waals surface area contributed by atoms with Crippen LogP contribution in [0.15, 0.2) is 12.7 Å². The van der Waals surface area contributed by atoms with Gasteiger partial charge in [-0.2, -0.15) is 0 Å². The van der Waals surface area contributed by atoms with E-state index >= 15 is 0 Å². The Morgan fingerprint density at radius 3 is 2.42 bits per heavy atom. The molecule has 0 aromatic heterocycles. The number of hydrogen-bond donors (Lipinski definition) is 0. The van der Waals surface area contributed by atoms with Gasteiger partial charge < -0.3 is 0 Å². The first-order valence-electron chi connectivity index (χ1n) is 4.72. The fraction of sp³-hybridized carbons (Fsp3) is 0.818. The minimum atomic E-state index is 0.488. The fourth-order valence-corrected chi connectivity index (χ4v) is 1.86. The van der Waals surface area contributed by atoms with Crippen LogP contribution in [0, 0.1) is 11.3 Å². The summed E-state index contributed by atoms with van der Waals surface area (Å²) in [4.78, 5) is 0. The highest BCUT2D eigenvalue weighted by Gasteiger charge is 2.19. The van der Waals surface area contributed by atoms with Gasteiger partial charge in [0.1, 0.15) is 0 Å². The van der Waals surface area contributed by atoms with Gasteiger partial charge in [0.25, 0.3) is 0 Å². The van der Waals surface area contributed by atoms with Gasteiger partial charge in [0.05, 0.1) is 0 Å². The normalized spacial score (nSPS) is 14.3.